The lowest BCUT2D eigenvalue weighted by Crippen LogP contribution is -2.36. The van der Waals surface area contributed by atoms with E-state index in [0.29, 0.717) is 6.04 Å². The third-order valence-corrected chi connectivity index (χ3v) is 4.40. The van der Waals surface area contributed by atoms with Gasteiger partial charge in [0.1, 0.15) is 11.5 Å². The van der Waals surface area contributed by atoms with Crippen molar-refractivity contribution in [1.82, 2.24) is 15.1 Å². The van der Waals surface area contributed by atoms with Crippen LogP contribution in [-0.2, 0) is 13.1 Å². The van der Waals surface area contributed by atoms with E-state index in [1.807, 2.05) is 0 Å². The Bertz CT molecular complexity index is 430. The smallest absolute Gasteiger partial charge is 0.120 e. The van der Waals surface area contributed by atoms with Gasteiger partial charge in [-0.1, -0.05) is 6.92 Å². The van der Waals surface area contributed by atoms with Crippen LogP contribution in [0.3, 0.4) is 0 Å². The highest BCUT2D eigenvalue weighted by molar-refractivity contribution is 5.20. The second kappa shape index (κ2) is 7.97. The zero-order chi connectivity index (χ0) is 15.2. The molecular formula is C17H31N3O. The highest BCUT2D eigenvalue weighted by Gasteiger charge is 2.22. The van der Waals surface area contributed by atoms with E-state index in [-0.39, 0.29) is 0 Å². The van der Waals surface area contributed by atoms with Gasteiger partial charge in [0, 0.05) is 12.6 Å². The predicted molar refractivity (Wildman–Crippen MR) is 87.4 cm³/mol. The first-order valence-electron chi connectivity index (χ1n) is 8.27. The van der Waals surface area contributed by atoms with Crippen LogP contribution in [0.25, 0.3) is 0 Å². The third-order valence-electron chi connectivity index (χ3n) is 4.40. The van der Waals surface area contributed by atoms with Crippen LogP contribution in [0.15, 0.2) is 10.5 Å². The molecule has 1 aromatic heterocycles. The van der Waals surface area contributed by atoms with Gasteiger partial charge < -0.3 is 14.6 Å². The fourth-order valence-corrected chi connectivity index (χ4v) is 3.12. The fourth-order valence-electron chi connectivity index (χ4n) is 3.12. The van der Waals surface area contributed by atoms with Crippen LogP contribution in [0.5, 0.6) is 0 Å². The molecule has 1 fully saturated rings. The average molecular weight is 293 g/mol. The molecule has 0 aromatic carbocycles. The Labute approximate surface area is 129 Å². The SMILES string of the molecule is CCCNCc1oc(CN(C)CC2CCCN2C)cc1C. The molecule has 1 saturated heterocycles. The van der Waals surface area contributed by atoms with Gasteiger partial charge in [-0.05, 0) is 65.0 Å². The van der Waals surface area contributed by atoms with Crippen molar-refractivity contribution >= 4 is 0 Å². The second-order valence-electron chi connectivity index (χ2n) is 6.47. The van der Waals surface area contributed by atoms with E-state index in [4.69, 9.17) is 4.42 Å². The summed E-state index contributed by atoms with van der Waals surface area (Å²) < 4.78 is 6.01. The van der Waals surface area contributed by atoms with Gasteiger partial charge in [0.25, 0.3) is 0 Å². The molecule has 4 heteroatoms. The summed E-state index contributed by atoms with van der Waals surface area (Å²) in [5.74, 6) is 2.17. The Morgan fingerprint density at radius 3 is 2.95 bits per heavy atom. The number of likely N-dealkylation sites (N-methyl/N-ethyl adjacent to an activating group) is 2. The van der Waals surface area contributed by atoms with Gasteiger partial charge in [0.05, 0.1) is 13.1 Å². The van der Waals surface area contributed by atoms with Crippen molar-refractivity contribution < 1.29 is 4.42 Å². The third kappa shape index (κ3) is 4.83. The maximum Gasteiger partial charge on any atom is 0.120 e. The number of hydrogen-bond acceptors (Lipinski definition) is 4. The van der Waals surface area contributed by atoms with Crippen molar-refractivity contribution in [3.63, 3.8) is 0 Å². The first-order chi connectivity index (χ1) is 10.1. The number of rotatable bonds is 8. The topological polar surface area (TPSA) is 31.7 Å². The van der Waals surface area contributed by atoms with Gasteiger partial charge in [-0.15, -0.1) is 0 Å². The van der Waals surface area contributed by atoms with Crippen molar-refractivity contribution in [3.8, 4) is 0 Å². The zero-order valence-electron chi connectivity index (χ0n) is 14.1. The van der Waals surface area contributed by atoms with Crippen LogP contribution >= 0.6 is 0 Å². The lowest BCUT2D eigenvalue weighted by molar-refractivity contribution is 0.205. The molecule has 2 rings (SSSR count). The van der Waals surface area contributed by atoms with Gasteiger partial charge in [-0.25, -0.2) is 0 Å². The summed E-state index contributed by atoms with van der Waals surface area (Å²) in [7, 11) is 4.43. The van der Waals surface area contributed by atoms with Crippen LogP contribution in [-0.4, -0.2) is 49.6 Å². The Hall–Kier alpha value is -0.840. The number of likely N-dealkylation sites (tertiary alicyclic amines) is 1. The summed E-state index contributed by atoms with van der Waals surface area (Å²) in [5, 5.41) is 3.41. The zero-order valence-corrected chi connectivity index (χ0v) is 14.1. The average Bonchev–Trinajstić information content (AvgIpc) is 2.97. The Morgan fingerprint density at radius 2 is 2.29 bits per heavy atom. The molecule has 0 spiro atoms. The molecule has 0 amide bonds. The molecule has 4 nitrogen and oxygen atoms in total. The van der Waals surface area contributed by atoms with E-state index in [9.17, 15) is 0 Å². The number of nitrogens with zero attached hydrogens (tertiary/aromatic N) is 2. The highest BCUT2D eigenvalue weighted by atomic mass is 16.3. The quantitative estimate of drug-likeness (QED) is 0.747. The van der Waals surface area contributed by atoms with Crippen LogP contribution in [0.4, 0.5) is 0 Å². The van der Waals surface area contributed by atoms with Crippen LogP contribution in [0.2, 0.25) is 0 Å². The number of nitrogens with one attached hydrogen (secondary N) is 1. The van der Waals surface area contributed by atoms with Crippen molar-refractivity contribution in [2.24, 2.45) is 0 Å². The van der Waals surface area contributed by atoms with Gasteiger partial charge >= 0.3 is 0 Å². The molecule has 21 heavy (non-hydrogen) atoms. The lowest BCUT2D eigenvalue weighted by atomic mass is 10.2. The van der Waals surface area contributed by atoms with E-state index in [2.05, 4.69) is 49.1 Å². The molecule has 120 valence electrons. The summed E-state index contributed by atoms with van der Waals surface area (Å²) in [6, 6.07) is 2.90. The minimum atomic E-state index is 0.705. The van der Waals surface area contributed by atoms with Crippen molar-refractivity contribution in [2.45, 2.75) is 52.2 Å². The van der Waals surface area contributed by atoms with Gasteiger partial charge in [-0.2, -0.15) is 0 Å². The summed E-state index contributed by atoms with van der Waals surface area (Å²) in [6.45, 7) is 9.48. The van der Waals surface area contributed by atoms with E-state index in [1.165, 1.54) is 24.9 Å². The first-order valence-corrected chi connectivity index (χ1v) is 8.27. The molecule has 1 N–H and O–H groups in total. The molecular weight excluding hydrogens is 262 g/mol. The number of furan rings is 1. The molecule has 0 bridgehead atoms. The summed E-state index contributed by atoms with van der Waals surface area (Å²) in [5.41, 5.74) is 1.26. The van der Waals surface area contributed by atoms with Gasteiger partial charge in [0.2, 0.25) is 0 Å². The van der Waals surface area contributed by atoms with E-state index in [0.717, 1.165) is 44.1 Å². The standard InChI is InChI=1S/C17H31N3O/c1-5-8-18-11-17-14(2)10-16(21-17)13-19(3)12-15-7-6-9-20(15)4/h10,15,18H,5-9,11-13H2,1-4H3. The fraction of sp³-hybridized carbons (Fsp3) is 0.765. The summed E-state index contributed by atoms with van der Waals surface area (Å²) in [4.78, 5) is 4.86. The Balaban J connectivity index is 1.83. The lowest BCUT2D eigenvalue weighted by Gasteiger charge is -2.25. The van der Waals surface area contributed by atoms with Gasteiger partial charge in [-0.3, -0.25) is 4.90 Å². The number of aryl methyl sites for hydroxylation is 1. The molecule has 1 aliphatic rings. The molecule has 2 heterocycles. The molecule has 1 aromatic rings. The molecule has 0 radical (unpaired) electrons. The maximum absolute atomic E-state index is 6.01. The molecule has 1 unspecified atom stereocenters. The van der Waals surface area contributed by atoms with Crippen LogP contribution < -0.4 is 5.32 Å². The summed E-state index contributed by atoms with van der Waals surface area (Å²) in [6.07, 6.45) is 3.82. The van der Waals surface area contributed by atoms with E-state index >= 15 is 0 Å². The molecule has 1 atom stereocenters. The van der Waals surface area contributed by atoms with Gasteiger partial charge in [0.15, 0.2) is 0 Å². The largest absolute Gasteiger partial charge is 0.463 e. The first kappa shape index (κ1) is 16.5. The Kier molecular flexibility index (Phi) is 6.27. The van der Waals surface area contributed by atoms with E-state index in [1.54, 1.807) is 0 Å². The van der Waals surface area contributed by atoms with Crippen molar-refractivity contribution in [2.75, 3.05) is 33.7 Å². The van der Waals surface area contributed by atoms with Crippen molar-refractivity contribution in [1.29, 1.82) is 0 Å². The Morgan fingerprint density at radius 1 is 1.48 bits per heavy atom. The predicted octanol–water partition coefficient (Wildman–Crippen LogP) is 2.61. The minimum absolute atomic E-state index is 0.705. The van der Waals surface area contributed by atoms with Crippen LogP contribution in [0.1, 0.15) is 43.3 Å². The second-order valence-corrected chi connectivity index (χ2v) is 6.47. The van der Waals surface area contributed by atoms with Crippen LogP contribution in [0, 0.1) is 6.92 Å². The summed E-state index contributed by atoms with van der Waals surface area (Å²) >= 11 is 0. The minimum Gasteiger partial charge on any atom is -0.463 e. The normalized spacial score (nSPS) is 19.8. The van der Waals surface area contributed by atoms with E-state index < -0.39 is 0 Å². The number of hydrogen-bond donors (Lipinski definition) is 1. The van der Waals surface area contributed by atoms with Crippen molar-refractivity contribution in [3.05, 3.63) is 23.2 Å². The monoisotopic (exact) mass is 293 g/mol. The molecule has 0 saturated carbocycles. The highest BCUT2D eigenvalue weighted by Crippen LogP contribution is 2.19. The molecule has 1 aliphatic heterocycles. The molecule has 0 aliphatic carbocycles. The maximum atomic E-state index is 6.01.